The quantitative estimate of drug-likeness (QED) is 0.708. The second-order valence-electron chi connectivity index (χ2n) is 2.35. The average Bonchev–Trinajstić information content (AvgIpc) is 1.96. The first-order chi connectivity index (χ1) is 5.52. The van der Waals surface area contributed by atoms with E-state index in [0.29, 0.717) is 15.1 Å². The van der Waals surface area contributed by atoms with Crippen molar-refractivity contribution in [1.29, 1.82) is 0 Å². The fraction of sp³-hybridized carbons (Fsp3) is 0.125. The van der Waals surface area contributed by atoms with Gasteiger partial charge in [-0.15, -0.1) is 0 Å². The zero-order valence-corrected chi connectivity index (χ0v) is 9.29. The standard InChI is InChI=1S/C8H5BrCl2O/c1-4-2-5(8(11)12)6(9)3-7(4)10/h2-3H,1H3. The van der Waals surface area contributed by atoms with Crippen molar-refractivity contribution in [2.45, 2.75) is 6.92 Å². The highest BCUT2D eigenvalue weighted by Crippen LogP contribution is 2.26. The summed E-state index contributed by atoms with van der Waals surface area (Å²) in [4.78, 5) is 10.8. The molecule has 0 atom stereocenters. The molecule has 0 radical (unpaired) electrons. The van der Waals surface area contributed by atoms with Gasteiger partial charge in [0.05, 0.1) is 0 Å². The van der Waals surface area contributed by atoms with E-state index >= 15 is 0 Å². The highest BCUT2D eigenvalue weighted by molar-refractivity contribution is 9.10. The number of benzene rings is 1. The number of hydrogen-bond donors (Lipinski definition) is 0. The number of carbonyl (C=O) groups is 1. The molecule has 64 valence electrons. The van der Waals surface area contributed by atoms with Crippen LogP contribution >= 0.6 is 39.1 Å². The van der Waals surface area contributed by atoms with Crippen LogP contribution < -0.4 is 0 Å². The van der Waals surface area contributed by atoms with E-state index < -0.39 is 5.24 Å². The number of rotatable bonds is 1. The lowest BCUT2D eigenvalue weighted by Gasteiger charge is -2.02. The zero-order valence-electron chi connectivity index (χ0n) is 6.20. The molecular weight excluding hydrogens is 263 g/mol. The topological polar surface area (TPSA) is 17.1 Å². The van der Waals surface area contributed by atoms with Gasteiger partial charge in [0.25, 0.3) is 5.24 Å². The van der Waals surface area contributed by atoms with Crippen LogP contribution in [0.5, 0.6) is 0 Å². The third-order valence-electron chi connectivity index (χ3n) is 1.46. The van der Waals surface area contributed by atoms with E-state index in [1.165, 1.54) is 0 Å². The third-order valence-corrected chi connectivity index (χ3v) is 2.73. The predicted octanol–water partition coefficient (Wildman–Crippen LogP) is 3.79. The van der Waals surface area contributed by atoms with Gasteiger partial charge < -0.3 is 0 Å². The molecule has 1 aromatic carbocycles. The Labute approximate surface area is 88.8 Å². The first-order valence-electron chi connectivity index (χ1n) is 3.18. The Balaban J connectivity index is 3.33. The maximum Gasteiger partial charge on any atom is 0.253 e. The van der Waals surface area contributed by atoms with Gasteiger partial charge in [-0.3, -0.25) is 4.79 Å². The molecule has 0 N–H and O–H groups in total. The van der Waals surface area contributed by atoms with Crippen molar-refractivity contribution in [3.63, 3.8) is 0 Å². The molecule has 0 aromatic heterocycles. The molecule has 0 aliphatic rings. The van der Waals surface area contributed by atoms with Crippen molar-refractivity contribution in [3.05, 3.63) is 32.8 Å². The summed E-state index contributed by atoms with van der Waals surface area (Å²) in [5.74, 6) is 0. The maximum atomic E-state index is 10.8. The summed E-state index contributed by atoms with van der Waals surface area (Å²) in [5, 5.41) is 0.130. The molecule has 0 unspecified atom stereocenters. The Hall–Kier alpha value is -0.0500. The van der Waals surface area contributed by atoms with Crippen LogP contribution in [0.1, 0.15) is 15.9 Å². The molecule has 0 aliphatic heterocycles. The minimum atomic E-state index is -0.485. The van der Waals surface area contributed by atoms with Crippen molar-refractivity contribution in [2.75, 3.05) is 0 Å². The van der Waals surface area contributed by atoms with Crippen molar-refractivity contribution >= 4 is 44.4 Å². The Morgan fingerprint density at radius 1 is 1.50 bits per heavy atom. The molecule has 0 saturated heterocycles. The number of halogens is 3. The lowest BCUT2D eigenvalue weighted by Crippen LogP contribution is -1.91. The number of carbonyl (C=O) groups excluding carboxylic acids is 1. The molecule has 0 fully saturated rings. The molecule has 0 aliphatic carbocycles. The Bertz CT molecular complexity index is 336. The molecule has 12 heavy (non-hydrogen) atoms. The van der Waals surface area contributed by atoms with Crippen LogP contribution in [-0.2, 0) is 0 Å². The molecule has 1 aromatic rings. The van der Waals surface area contributed by atoms with Gasteiger partial charge in [-0.1, -0.05) is 11.6 Å². The largest absolute Gasteiger partial charge is 0.276 e. The molecule has 0 saturated carbocycles. The molecule has 0 spiro atoms. The molecule has 4 heteroatoms. The van der Waals surface area contributed by atoms with Crippen molar-refractivity contribution in [2.24, 2.45) is 0 Å². The van der Waals surface area contributed by atoms with Crippen LogP contribution in [0.2, 0.25) is 5.02 Å². The first-order valence-corrected chi connectivity index (χ1v) is 4.72. The van der Waals surface area contributed by atoms with Crippen LogP contribution in [0.4, 0.5) is 0 Å². The first kappa shape index (κ1) is 10.0. The van der Waals surface area contributed by atoms with Gasteiger partial charge in [-0.2, -0.15) is 0 Å². The minimum Gasteiger partial charge on any atom is -0.276 e. The van der Waals surface area contributed by atoms with E-state index in [2.05, 4.69) is 15.9 Å². The monoisotopic (exact) mass is 266 g/mol. The van der Waals surface area contributed by atoms with Crippen molar-refractivity contribution in [1.82, 2.24) is 0 Å². The summed E-state index contributed by atoms with van der Waals surface area (Å²) in [7, 11) is 0. The van der Waals surface area contributed by atoms with E-state index in [9.17, 15) is 4.79 Å². The summed E-state index contributed by atoms with van der Waals surface area (Å²) in [6, 6.07) is 3.31. The smallest absolute Gasteiger partial charge is 0.253 e. The van der Waals surface area contributed by atoms with Gasteiger partial charge >= 0.3 is 0 Å². The lowest BCUT2D eigenvalue weighted by atomic mass is 10.1. The SMILES string of the molecule is Cc1cc(C(=O)Cl)c(Br)cc1Cl. The number of aryl methyl sites for hydroxylation is 1. The van der Waals surface area contributed by atoms with Gasteiger partial charge in [-0.05, 0) is 52.2 Å². The van der Waals surface area contributed by atoms with Crippen LogP contribution in [-0.4, -0.2) is 5.24 Å². The highest BCUT2D eigenvalue weighted by atomic mass is 79.9. The fourth-order valence-corrected chi connectivity index (χ4v) is 1.90. The molecule has 0 bridgehead atoms. The summed E-state index contributed by atoms with van der Waals surface area (Å²) in [6.45, 7) is 1.82. The Kier molecular flexibility index (Phi) is 3.16. The summed E-state index contributed by atoms with van der Waals surface area (Å²) in [6.07, 6.45) is 0. The van der Waals surface area contributed by atoms with Crippen LogP contribution in [0.15, 0.2) is 16.6 Å². The summed E-state index contributed by atoms with van der Waals surface area (Å²) < 4.78 is 0.623. The Morgan fingerprint density at radius 3 is 2.58 bits per heavy atom. The number of hydrogen-bond acceptors (Lipinski definition) is 1. The summed E-state index contributed by atoms with van der Waals surface area (Å²) >= 11 is 14.3. The van der Waals surface area contributed by atoms with Gasteiger partial charge in [0, 0.05) is 15.1 Å². The average molecular weight is 268 g/mol. The molecular formula is C8H5BrCl2O. The van der Waals surface area contributed by atoms with Crippen LogP contribution in [0, 0.1) is 6.92 Å². The van der Waals surface area contributed by atoms with Crippen LogP contribution in [0.25, 0.3) is 0 Å². The Morgan fingerprint density at radius 2 is 2.08 bits per heavy atom. The fourth-order valence-electron chi connectivity index (χ4n) is 0.808. The lowest BCUT2D eigenvalue weighted by molar-refractivity contribution is 0.108. The second-order valence-corrected chi connectivity index (χ2v) is 3.96. The molecule has 1 nitrogen and oxygen atoms in total. The third kappa shape index (κ3) is 2.00. The van der Waals surface area contributed by atoms with E-state index in [1.807, 2.05) is 6.92 Å². The second kappa shape index (κ2) is 3.77. The van der Waals surface area contributed by atoms with Gasteiger partial charge in [-0.25, -0.2) is 0 Å². The predicted molar refractivity (Wildman–Crippen MR) is 54.1 cm³/mol. The van der Waals surface area contributed by atoms with Crippen molar-refractivity contribution < 1.29 is 4.79 Å². The van der Waals surface area contributed by atoms with E-state index in [-0.39, 0.29) is 0 Å². The van der Waals surface area contributed by atoms with E-state index in [0.717, 1.165) is 5.56 Å². The zero-order chi connectivity index (χ0) is 9.30. The normalized spacial score (nSPS) is 10.0. The van der Waals surface area contributed by atoms with Gasteiger partial charge in [0.15, 0.2) is 0 Å². The van der Waals surface area contributed by atoms with E-state index in [4.69, 9.17) is 23.2 Å². The molecule has 0 heterocycles. The highest BCUT2D eigenvalue weighted by Gasteiger charge is 2.09. The summed E-state index contributed by atoms with van der Waals surface area (Å²) in [5.41, 5.74) is 1.28. The maximum absolute atomic E-state index is 10.8. The van der Waals surface area contributed by atoms with Crippen LogP contribution in [0.3, 0.4) is 0 Å². The van der Waals surface area contributed by atoms with Gasteiger partial charge in [0.1, 0.15) is 0 Å². The minimum absolute atomic E-state index is 0.443. The molecule has 0 amide bonds. The van der Waals surface area contributed by atoms with Crippen molar-refractivity contribution in [3.8, 4) is 0 Å². The molecule has 1 rings (SSSR count). The van der Waals surface area contributed by atoms with E-state index in [1.54, 1.807) is 12.1 Å². The van der Waals surface area contributed by atoms with Gasteiger partial charge in [0.2, 0.25) is 0 Å².